The van der Waals surface area contributed by atoms with Crippen LogP contribution in [0.1, 0.15) is 96.3 Å². The Balaban J connectivity index is 1.90. The minimum absolute atomic E-state index is 0.845. The van der Waals surface area contributed by atoms with E-state index in [0.29, 0.717) is 0 Å². The van der Waals surface area contributed by atoms with E-state index in [-0.39, 0.29) is 0 Å². The molecule has 0 unspecified atom stereocenters. The predicted molar refractivity (Wildman–Crippen MR) is 85.0 cm³/mol. The molecule has 0 radical (unpaired) electrons. The maximum Gasteiger partial charge on any atom is 0.0388 e. The molecule has 0 aromatic carbocycles. The predicted octanol–water partition coefficient (Wildman–Crippen LogP) is 5.92. The number of hydrogen-bond acceptors (Lipinski definition) is 1. The van der Waals surface area contributed by atoms with Gasteiger partial charge in [-0.3, -0.25) is 4.99 Å². The molecule has 0 bridgehead atoms. The van der Waals surface area contributed by atoms with E-state index in [1.54, 1.807) is 5.71 Å². The molecule has 1 nitrogen and oxygen atoms in total. The van der Waals surface area contributed by atoms with Crippen LogP contribution in [-0.4, -0.2) is 12.3 Å². The molecule has 110 valence electrons. The lowest BCUT2D eigenvalue weighted by atomic mass is 9.88. The zero-order valence-electron chi connectivity index (χ0n) is 12.8. The van der Waals surface area contributed by atoms with Crippen LogP contribution in [0.2, 0.25) is 0 Å². The molecule has 1 aliphatic carbocycles. The monoisotopic (exact) mass is 263 g/mol. The zero-order chi connectivity index (χ0) is 13.2. The van der Waals surface area contributed by atoms with Gasteiger partial charge in [-0.05, 0) is 38.0 Å². The van der Waals surface area contributed by atoms with Gasteiger partial charge in [-0.1, -0.05) is 64.2 Å². The van der Waals surface area contributed by atoms with E-state index >= 15 is 0 Å². The van der Waals surface area contributed by atoms with Crippen molar-refractivity contribution in [2.24, 2.45) is 10.9 Å². The van der Waals surface area contributed by atoms with E-state index < -0.39 is 0 Å². The molecule has 0 spiro atoms. The maximum atomic E-state index is 5.03. The van der Waals surface area contributed by atoms with Crippen LogP contribution in [0.3, 0.4) is 0 Å². The summed E-state index contributed by atoms with van der Waals surface area (Å²) in [5, 5.41) is 0. The highest BCUT2D eigenvalue weighted by atomic mass is 14.7. The van der Waals surface area contributed by atoms with Crippen molar-refractivity contribution in [3.05, 3.63) is 0 Å². The Labute approximate surface area is 120 Å². The molecule has 0 saturated heterocycles. The molecule has 1 heteroatoms. The van der Waals surface area contributed by atoms with E-state index in [0.717, 1.165) is 12.5 Å². The van der Waals surface area contributed by atoms with Crippen molar-refractivity contribution in [2.45, 2.75) is 96.3 Å². The first-order valence-corrected chi connectivity index (χ1v) is 9.00. The summed E-state index contributed by atoms with van der Waals surface area (Å²) < 4.78 is 0. The quantitative estimate of drug-likeness (QED) is 0.556. The number of aliphatic imine (C=N–C) groups is 1. The van der Waals surface area contributed by atoms with Crippen LogP contribution < -0.4 is 0 Å². The van der Waals surface area contributed by atoms with Crippen molar-refractivity contribution in [3.8, 4) is 0 Å². The second-order valence-corrected chi connectivity index (χ2v) is 6.64. The van der Waals surface area contributed by atoms with Gasteiger partial charge in [0, 0.05) is 12.3 Å². The lowest BCUT2D eigenvalue weighted by Crippen LogP contribution is -2.16. The van der Waals surface area contributed by atoms with E-state index in [9.17, 15) is 0 Å². The molecule has 0 N–H and O–H groups in total. The molecule has 2 aliphatic rings. The van der Waals surface area contributed by atoms with Crippen molar-refractivity contribution in [2.75, 3.05) is 6.54 Å². The molecule has 19 heavy (non-hydrogen) atoms. The fourth-order valence-electron chi connectivity index (χ4n) is 3.73. The normalized spacial score (nSPS) is 28.5. The largest absolute Gasteiger partial charge is 0.294 e. The highest BCUT2D eigenvalue weighted by molar-refractivity contribution is 5.86. The minimum atomic E-state index is 0.845. The summed E-state index contributed by atoms with van der Waals surface area (Å²) in [5.74, 6) is 0.845. The van der Waals surface area contributed by atoms with E-state index in [4.69, 9.17) is 4.99 Å². The smallest absolute Gasteiger partial charge is 0.0388 e. The van der Waals surface area contributed by atoms with Crippen LogP contribution >= 0.6 is 0 Å². The van der Waals surface area contributed by atoms with Crippen LogP contribution in [0, 0.1) is 5.92 Å². The lowest BCUT2D eigenvalue weighted by molar-refractivity contribution is 0.517. The second-order valence-electron chi connectivity index (χ2n) is 6.64. The van der Waals surface area contributed by atoms with Crippen LogP contribution in [0.4, 0.5) is 0 Å². The molecule has 0 aromatic rings. The maximum absolute atomic E-state index is 5.03. The number of rotatable bonds is 1. The summed E-state index contributed by atoms with van der Waals surface area (Å²) in [6.07, 6.45) is 21.4. The molecule has 1 heterocycles. The fraction of sp³-hybridized carbons (Fsp3) is 0.944. The first-order chi connectivity index (χ1) is 9.47. The Kier molecular flexibility index (Phi) is 7.58. The summed E-state index contributed by atoms with van der Waals surface area (Å²) in [5.41, 5.74) is 1.61. The summed E-state index contributed by atoms with van der Waals surface area (Å²) >= 11 is 0. The van der Waals surface area contributed by atoms with Gasteiger partial charge in [0.15, 0.2) is 0 Å². The Morgan fingerprint density at radius 1 is 0.579 bits per heavy atom. The van der Waals surface area contributed by atoms with Gasteiger partial charge >= 0.3 is 0 Å². The van der Waals surface area contributed by atoms with Gasteiger partial charge in [0.2, 0.25) is 0 Å². The van der Waals surface area contributed by atoms with Gasteiger partial charge < -0.3 is 0 Å². The van der Waals surface area contributed by atoms with Gasteiger partial charge in [0.1, 0.15) is 0 Å². The Bertz CT molecular complexity index is 246. The number of hydrogen-bond donors (Lipinski definition) is 0. The molecule has 0 amide bonds. The molecule has 0 aromatic heterocycles. The van der Waals surface area contributed by atoms with Crippen LogP contribution in [0.15, 0.2) is 4.99 Å². The molecule has 1 fully saturated rings. The van der Waals surface area contributed by atoms with Crippen LogP contribution in [-0.2, 0) is 0 Å². The summed E-state index contributed by atoms with van der Waals surface area (Å²) in [4.78, 5) is 5.03. The third kappa shape index (κ3) is 6.10. The van der Waals surface area contributed by atoms with Crippen molar-refractivity contribution in [3.63, 3.8) is 0 Å². The lowest BCUT2D eigenvalue weighted by Gasteiger charge is -2.20. The van der Waals surface area contributed by atoms with Gasteiger partial charge in [-0.2, -0.15) is 0 Å². The van der Waals surface area contributed by atoms with Gasteiger partial charge in [0.25, 0.3) is 0 Å². The van der Waals surface area contributed by atoms with Crippen molar-refractivity contribution >= 4 is 5.71 Å². The molecule has 1 aliphatic heterocycles. The average molecular weight is 263 g/mol. The number of nitrogens with zero attached hydrogens (tertiary/aromatic N) is 1. The van der Waals surface area contributed by atoms with Crippen LogP contribution in [0.25, 0.3) is 0 Å². The third-order valence-electron chi connectivity index (χ3n) is 4.98. The standard InChI is InChI=1S/C18H33N/c1-2-6-10-14-17(13-9-5-1)18-15-11-7-3-4-8-12-16-19-18/h17H,1-16H2/b19-18+. The molecular weight excluding hydrogens is 230 g/mol. The summed E-state index contributed by atoms with van der Waals surface area (Å²) in [6.45, 7) is 1.12. The van der Waals surface area contributed by atoms with E-state index in [1.807, 2.05) is 0 Å². The molecular formula is C18H33N. The van der Waals surface area contributed by atoms with Crippen molar-refractivity contribution in [1.82, 2.24) is 0 Å². The Hall–Kier alpha value is -0.330. The second kappa shape index (κ2) is 9.55. The Morgan fingerprint density at radius 3 is 1.79 bits per heavy atom. The highest BCUT2D eigenvalue weighted by Gasteiger charge is 2.16. The average Bonchev–Trinajstić information content (AvgIpc) is 2.58. The van der Waals surface area contributed by atoms with Gasteiger partial charge in [-0.25, -0.2) is 0 Å². The topological polar surface area (TPSA) is 12.4 Å². The Morgan fingerprint density at radius 2 is 1.11 bits per heavy atom. The summed E-state index contributed by atoms with van der Waals surface area (Å²) in [7, 11) is 0. The van der Waals surface area contributed by atoms with E-state index in [1.165, 1.54) is 96.3 Å². The first-order valence-electron chi connectivity index (χ1n) is 9.00. The van der Waals surface area contributed by atoms with Crippen molar-refractivity contribution in [1.29, 1.82) is 0 Å². The van der Waals surface area contributed by atoms with Gasteiger partial charge in [0.05, 0.1) is 0 Å². The minimum Gasteiger partial charge on any atom is -0.294 e. The molecule has 1 saturated carbocycles. The highest BCUT2D eigenvalue weighted by Crippen LogP contribution is 2.25. The van der Waals surface area contributed by atoms with Crippen molar-refractivity contribution < 1.29 is 0 Å². The van der Waals surface area contributed by atoms with Gasteiger partial charge in [-0.15, -0.1) is 0 Å². The molecule has 2 rings (SSSR count). The van der Waals surface area contributed by atoms with E-state index in [2.05, 4.69) is 0 Å². The first kappa shape index (κ1) is 15.1. The fourth-order valence-corrected chi connectivity index (χ4v) is 3.73. The zero-order valence-corrected chi connectivity index (χ0v) is 12.8. The third-order valence-corrected chi connectivity index (χ3v) is 4.98. The van der Waals surface area contributed by atoms with Crippen LogP contribution in [0.5, 0.6) is 0 Å². The molecule has 0 atom stereocenters. The summed E-state index contributed by atoms with van der Waals surface area (Å²) in [6, 6.07) is 0. The SMILES string of the molecule is C1CCCC/C(C2CCCCCCCC2)=N\CCC1.